The maximum absolute atomic E-state index is 12.5. The molecular formula is C21H23N5O3S. The lowest BCUT2D eigenvalue weighted by Gasteiger charge is -2.15. The molecule has 3 rings (SSSR count). The fourth-order valence-electron chi connectivity index (χ4n) is 2.76. The van der Waals surface area contributed by atoms with Crippen LogP contribution < -0.4 is 5.32 Å². The molecule has 0 fully saturated rings. The maximum atomic E-state index is 12.5. The van der Waals surface area contributed by atoms with Crippen molar-refractivity contribution in [2.75, 3.05) is 14.1 Å². The zero-order chi connectivity index (χ0) is 21.7. The topological polar surface area (TPSA) is 108 Å². The summed E-state index contributed by atoms with van der Waals surface area (Å²) in [6, 6.07) is 15.3. The Hall–Kier alpha value is -3.30. The minimum absolute atomic E-state index is 0.193. The van der Waals surface area contributed by atoms with Crippen LogP contribution in [-0.4, -0.2) is 47.9 Å². The summed E-state index contributed by atoms with van der Waals surface area (Å²) in [5.41, 5.74) is 1.56. The summed E-state index contributed by atoms with van der Waals surface area (Å²) in [7, 11) is -0.530. The van der Waals surface area contributed by atoms with Crippen LogP contribution in [0.15, 0.2) is 65.6 Å². The second-order valence-electron chi connectivity index (χ2n) is 6.82. The molecule has 30 heavy (non-hydrogen) atoms. The number of aryl methyl sites for hydroxylation is 1. The van der Waals surface area contributed by atoms with E-state index >= 15 is 0 Å². The smallest absolute Gasteiger partial charge is 0.244 e. The molecule has 0 aliphatic carbocycles. The highest BCUT2D eigenvalue weighted by atomic mass is 32.2. The highest BCUT2D eigenvalue weighted by molar-refractivity contribution is 7.89. The van der Waals surface area contributed by atoms with Gasteiger partial charge in [-0.1, -0.05) is 42.5 Å². The van der Waals surface area contributed by atoms with Crippen molar-refractivity contribution in [3.05, 3.63) is 83.4 Å². The number of carbonyl (C=O) groups excluding carboxylic acids is 1. The molecule has 1 amide bonds. The Morgan fingerprint density at radius 2 is 1.77 bits per heavy atom. The minimum atomic E-state index is -3.49. The zero-order valence-corrected chi connectivity index (χ0v) is 17.7. The van der Waals surface area contributed by atoms with Gasteiger partial charge in [0.15, 0.2) is 5.82 Å². The molecule has 0 radical (unpaired) electrons. The number of amides is 1. The van der Waals surface area contributed by atoms with E-state index < -0.39 is 16.1 Å². The van der Waals surface area contributed by atoms with Crippen LogP contribution in [0, 0.1) is 6.92 Å². The van der Waals surface area contributed by atoms with Gasteiger partial charge in [-0.2, -0.15) is 5.10 Å². The SMILES string of the molecule is Cc1nc(C(NC(=O)/C=C/c2ccc(S(=O)(=O)N(C)C)cc2)c2ccccc2)n[nH]1. The molecule has 0 aliphatic rings. The number of rotatable bonds is 7. The summed E-state index contributed by atoms with van der Waals surface area (Å²) in [5.74, 6) is 0.804. The van der Waals surface area contributed by atoms with Crippen LogP contribution in [0.4, 0.5) is 0 Å². The first-order valence-corrected chi connectivity index (χ1v) is 10.7. The van der Waals surface area contributed by atoms with E-state index in [2.05, 4.69) is 20.5 Å². The summed E-state index contributed by atoms with van der Waals surface area (Å²) in [6.45, 7) is 1.79. The lowest BCUT2D eigenvalue weighted by molar-refractivity contribution is -0.117. The molecule has 1 unspecified atom stereocenters. The molecule has 0 aliphatic heterocycles. The highest BCUT2D eigenvalue weighted by Crippen LogP contribution is 2.19. The number of carbonyl (C=O) groups is 1. The van der Waals surface area contributed by atoms with Gasteiger partial charge < -0.3 is 5.32 Å². The van der Waals surface area contributed by atoms with E-state index in [9.17, 15) is 13.2 Å². The van der Waals surface area contributed by atoms with E-state index in [4.69, 9.17) is 0 Å². The monoisotopic (exact) mass is 425 g/mol. The van der Waals surface area contributed by atoms with Gasteiger partial charge in [0, 0.05) is 20.2 Å². The van der Waals surface area contributed by atoms with Crippen molar-refractivity contribution in [1.29, 1.82) is 0 Å². The summed E-state index contributed by atoms with van der Waals surface area (Å²) in [5, 5.41) is 9.88. The normalized spacial score (nSPS) is 12.9. The maximum Gasteiger partial charge on any atom is 0.244 e. The molecule has 8 nitrogen and oxygen atoms in total. The second kappa shape index (κ2) is 9.02. The average Bonchev–Trinajstić information content (AvgIpc) is 3.17. The van der Waals surface area contributed by atoms with Crippen LogP contribution in [0.5, 0.6) is 0 Å². The molecule has 0 saturated carbocycles. The van der Waals surface area contributed by atoms with Crippen molar-refractivity contribution >= 4 is 22.0 Å². The standard InChI is InChI=1S/C21H23N5O3S/c1-15-22-21(25-24-15)20(17-7-5-4-6-8-17)23-19(27)14-11-16-9-12-18(13-10-16)30(28,29)26(2)3/h4-14,20H,1-3H3,(H,23,27)(H,22,24,25)/b14-11+. The summed E-state index contributed by atoms with van der Waals surface area (Å²) in [6.07, 6.45) is 3.01. The Balaban J connectivity index is 1.75. The number of H-pyrrole nitrogens is 1. The molecule has 1 atom stereocenters. The van der Waals surface area contributed by atoms with Crippen LogP contribution in [0.25, 0.3) is 6.08 Å². The predicted octanol–water partition coefficient (Wildman–Crippen LogP) is 2.28. The molecule has 9 heteroatoms. The third-order valence-corrected chi connectivity index (χ3v) is 6.21. The molecule has 0 saturated heterocycles. The Morgan fingerprint density at radius 1 is 1.10 bits per heavy atom. The molecule has 1 aromatic heterocycles. The van der Waals surface area contributed by atoms with Gasteiger partial charge in [0.1, 0.15) is 11.9 Å². The summed E-state index contributed by atoms with van der Waals surface area (Å²) < 4.78 is 25.4. The van der Waals surface area contributed by atoms with Crippen molar-refractivity contribution in [3.63, 3.8) is 0 Å². The Kier molecular flexibility index (Phi) is 6.43. The first kappa shape index (κ1) is 21.4. The molecule has 1 heterocycles. The number of benzene rings is 2. The van der Waals surface area contributed by atoms with E-state index in [1.807, 2.05) is 30.3 Å². The van der Waals surface area contributed by atoms with Gasteiger partial charge in [0.2, 0.25) is 15.9 Å². The Bertz CT molecular complexity index is 1140. The molecule has 156 valence electrons. The molecule has 0 spiro atoms. The number of hydrogen-bond acceptors (Lipinski definition) is 5. The van der Waals surface area contributed by atoms with Gasteiger partial charge in [-0.3, -0.25) is 9.89 Å². The zero-order valence-electron chi connectivity index (χ0n) is 16.9. The van der Waals surface area contributed by atoms with E-state index in [0.29, 0.717) is 17.2 Å². The highest BCUT2D eigenvalue weighted by Gasteiger charge is 2.20. The van der Waals surface area contributed by atoms with Crippen molar-refractivity contribution in [2.45, 2.75) is 17.9 Å². The van der Waals surface area contributed by atoms with Gasteiger partial charge >= 0.3 is 0 Å². The summed E-state index contributed by atoms with van der Waals surface area (Å²) in [4.78, 5) is 17.1. The van der Waals surface area contributed by atoms with Crippen LogP contribution >= 0.6 is 0 Å². The number of nitrogens with one attached hydrogen (secondary N) is 2. The number of nitrogens with zero attached hydrogens (tertiary/aromatic N) is 3. The molecule has 0 bridgehead atoms. The predicted molar refractivity (Wildman–Crippen MR) is 114 cm³/mol. The van der Waals surface area contributed by atoms with Crippen molar-refractivity contribution in [2.24, 2.45) is 0 Å². The third-order valence-electron chi connectivity index (χ3n) is 4.38. The lowest BCUT2D eigenvalue weighted by atomic mass is 10.1. The molecular weight excluding hydrogens is 402 g/mol. The van der Waals surface area contributed by atoms with E-state index in [1.54, 1.807) is 25.1 Å². The Morgan fingerprint density at radius 3 is 2.33 bits per heavy atom. The quantitative estimate of drug-likeness (QED) is 0.565. The van der Waals surface area contributed by atoms with Crippen molar-refractivity contribution in [3.8, 4) is 0 Å². The number of aromatic nitrogens is 3. The van der Waals surface area contributed by atoms with Gasteiger partial charge in [-0.05, 0) is 36.3 Å². The molecule has 2 aromatic carbocycles. The van der Waals surface area contributed by atoms with Gasteiger partial charge in [0.05, 0.1) is 4.90 Å². The first-order chi connectivity index (χ1) is 14.3. The van der Waals surface area contributed by atoms with Crippen LogP contribution in [0.1, 0.15) is 28.8 Å². The number of hydrogen-bond donors (Lipinski definition) is 2. The number of aromatic amines is 1. The van der Waals surface area contributed by atoms with Crippen LogP contribution in [0.3, 0.4) is 0 Å². The fourth-order valence-corrected chi connectivity index (χ4v) is 3.66. The lowest BCUT2D eigenvalue weighted by Crippen LogP contribution is -2.28. The summed E-state index contributed by atoms with van der Waals surface area (Å²) >= 11 is 0. The fraction of sp³-hybridized carbons (Fsp3) is 0.190. The number of sulfonamides is 1. The first-order valence-electron chi connectivity index (χ1n) is 9.22. The van der Waals surface area contributed by atoms with Crippen molar-refractivity contribution in [1.82, 2.24) is 24.8 Å². The largest absolute Gasteiger partial charge is 0.338 e. The molecule has 3 aromatic rings. The van der Waals surface area contributed by atoms with E-state index in [1.165, 1.54) is 32.3 Å². The van der Waals surface area contributed by atoms with Gasteiger partial charge in [-0.15, -0.1) is 0 Å². The van der Waals surface area contributed by atoms with E-state index in [-0.39, 0.29) is 10.8 Å². The third kappa shape index (κ3) is 5.00. The average molecular weight is 426 g/mol. The van der Waals surface area contributed by atoms with E-state index in [0.717, 1.165) is 9.87 Å². The van der Waals surface area contributed by atoms with Gasteiger partial charge in [-0.25, -0.2) is 17.7 Å². The Labute approximate surface area is 175 Å². The second-order valence-corrected chi connectivity index (χ2v) is 8.97. The van der Waals surface area contributed by atoms with Crippen LogP contribution in [0.2, 0.25) is 0 Å². The van der Waals surface area contributed by atoms with Gasteiger partial charge in [0.25, 0.3) is 0 Å². The van der Waals surface area contributed by atoms with Crippen molar-refractivity contribution < 1.29 is 13.2 Å². The minimum Gasteiger partial charge on any atom is -0.338 e. The van der Waals surface area contributed by atoms with Crippen LogP contribution in [-0.2, 0) is 14.8 Å². The molecule has 2 N–H and O–H groups in total.